The van der Waals surface area contributed by atoms with Crippen LogP contribution in [-0.2, 0) is 14.3 Å². The molecule has 1 amide bonds. The number of amides is 1. The quantitative estimate of drug-likeness (QED) is 0.178. The Bertz CT molecular complexity index is 1190. The number of esters is 1. The zero-order chi connectivity index (χ0) is 25.4. The molecule has 0 spiro atoms. The van der Waals surface area contributed by atoms with Gasteiger partial charge in [-0.1, -0.05) is 30.3 Å². The van der Waals surface area contributed by atoms with E-state index in [0.29, 0.717) is 33.3 Å². The van der Waals surface area contributed by atoms with Crippen LogP contribution in [-0.4, -0.2) is 47.5 Å². The van der Waals surface area contributed by atoms with Gasteiger partial charge in [0.15, 0.2) is 11.7 Å². The van der Waals surface area contributed by atoms with E-state index in [9.17, 15) is 14.4 Å². The predicted molar refractivity (Wildman–Crippen MR) is 132 cm³/mol. The van der Waals surface area contributed by atoms with Crippen LogP contribution in [0.4, 0.5) is 0 Å². The SMILES string of the molecule is CCOC(=O)C1=C(C)NC(=S)N[C@@H]1c1ccccc1OCC(=O)NN=Cc1ccc(C(=O)O)cc1. The molecule has 0 fully saturated rings. The lowest BCUT2D eigenvalue weighted by atomic mass is 9.95. The molecule has 182 valence electrons. The van der Waals surface area contributed by atoms with Crippen molar-refractivity contribution in [1.29, 1.82) is 0 Å². The summed E-state index contributed by atoms with van der Waals surface area (Å²) in [7, 11) is 0. The highest BCUT2D eigenvalue weighted by Crippen LogP contribution is 2.33. The Morgan fingerprint density at radius 3 is 2.57 bits per heavy atom. The Kier molecular flexibility index (Phi) is 8.52. The number of ether oxygens (including phenoxy) is 2. The minimum absolute atomic E-state index is 0.151. The second kappa shape index (κ2) is 11.7. The van der Waals surface area contributed by atoms with E-state index in [1.165, 1.54) is 18.3 Å². The topological polar surface area (TPSA) is 138 Å². The number of rotatable bonds is 9. The molecule has 0 saturated carbocycles. The number of carbonyl (C=O) groups excluding carboxylic acids is 2. The summed E-state index contributed by atoms with van der Waals surface area (Å²) in [6.07, 6.45) is 1.39. The number of aromatic carboxylic acids is 1. The van der Waals surface area contributed by atoms with Crippen molar-refractivity contribution in [3.8, 4) is 5.75 Å². The van der Waals surface area contributed by atoms with Crippen LogP contribution in [0.3, 0.4) is 0 Å². The molecular formula is C24H24N4O6S. The molecule has 1 aliphatic heterocycles. The summed E-state index contributed by atoms with van der Waals surface area (Å²) in [6.45, 7) is 3.34. The van der Waals surface area contributed by atoms with Gasteiger partial charge in [-0.3, -0.25) is 4.79 Å². The maximum absolute atomic E-state index is 12.6. The third kappa shape index (κ3) is 6.64. The zero-order valence-corrected chi connectivity index (χ0v) is 19.8. The van der Waals surface area contributed by atoms with Crippen LogP contribution < -0.4 is 20.8 Å². The summed E-state index contributed by atoms with van der Waals surface area (Å²) in [5.74, 6) is -1.64. The first-order valence-corrected chi connectivity index (χ1v) is 11.0. The Morgan fingerprint density at radius 1 is 1.17 bits per heavy atom. The summed E-state index contributed by atoms with van der Waals surface area (Å²) < 4.78 is 10.9. The van der Waals surface area contributed by atoms with E-state index in [1.54, 1.807) is 50.2 Å². The molecule has 35 heavy (non-hydrogen) atoms. The third-order valence-electron chi connectivity index (χ3n) is 4.91. The molecule has 0 aromatic heterocycles. The van der Waals surface area contributed by atoms with Crippen LogP contribution in [0.15, 0.2) is 64.9 Å². The largest absolute Gasteiger partial charge is 0.483 e. The lowest BCUT2D eigenvalue weighted by Crippen LogP contribution is -2.45. The standard InChI is InChI=1S/C24H24N4O6S/c1-3-33-23(32)20-14(2)26-24(35)27-21(20)17-6-4-5-7-18(17)34-13-19(29)28-25-12-15-8-10-16(11-9-15)22(30)31/h4-12,21H,3,13H2,1-2H3,(H,28,29)(H,30,31)(H2,26,27,35)/t21-/m1/s1. The number of allylic oxidation sites excluding steroid dienone is 1. The summed E-state index contributed by atoms with van der Waals surface area (Å²) in [5, 5.41) is 19.1. The summed E-state index contributed by atoms with van der Waals surface area (Å²) in [5.41, 5.74) is 4.65. The first kappa shape index (κ1) is 25.4. The Labute approximate surface area is 207 Å². The second-order valence-electron chi connectivity index (χ2n) is 7.34. The number of hydrogen-bond acceptors (Lipinski definition) is 7. The Hall–Kier alpha value is -4.25. The van der Waals surface area contributed by atoms with E-state index in [-0.39, 0.29) is 18.8 Å². The minimum atomic E-state index is -1.03. The molecule has 0 unspecified atom stereocenters. The molecule has 2 aromatic rings. The molecule has 0 saturated heterocycles. The van der Waals surface area contributed by atoms with Crippen LogP contribution in [0.1, 0.15) is 41.4 Å². The molecule has 11 heteroatoms. The van der Waals surface area contributed by atoms with E-state index in [2.05, 4.69) is 21.2 Å². The molecule has 3 rings (SSSR count). The number of carbonyl (C=O) groups is 3. The molecule has 0 radical (unpaired) electrons. The highest BCUT2D eigenvalue weighted by atomic mass is 32.1. The van der Waals surface area contributed by atoms with Gasteiger partial charge in [-0.05, 0) is 49.8 Å². The van der Waals surface area contributed by atoms with E-state index in [1.807, 2.05) is 0 Å². The first-order chi connectivity index (χ1) is 16.8. The first-order valence-electron chi connectivity index (χ1n) is 10.6. The van der Waals surface area contributed by atoms with Crippen molar-refractivity contribution in [3.63, 3.8) is 0 Å². The van der Waals surface area contributed by atoms with Crippen molar-refractivity contribution in [3.05, 3.63) is 76.5 Å². The molecule has 10 nitrogen and oxygen atoms in total. The second-order valence-corrected chi connectivity index (χ2v) is 7.75. The molecule has 1 aliphatic rings. The average molecular weight is 497 g/mol. The van der Waals surface area contributed by atoms with Gasteiger partial charge in [0.05, 0.1) is 30.0 Å². The van der Waals surface area contributed by atoms with Crippen LogP contribution in [0.2, 0.25) is 0 Å². The van der Waals surface area contributed by atoms with Crippen LogP contribution >= 0.6 is 12.2 Å². The number of carboxylic acids is 1. The number of carboxylic acid groups (broad SMARTS) is 1. The minimum Gasteiger partial charge on any atom is -0.483 e. The maximum Gasteiger partial charge on any atom is 0.338 e. The van der Waals surface area contributed by atoms with Crippen LogP contribution in [0.5, 0.6) is 5.75 Å². The molecular weight excluding hydrogens is 472 g/mol. The van der Waals surface area contributed by atoms with E-state index >= 15 is 0 Å². The number of para-hydroxylation sites is 1. The van der Waals surface area contributed by atoms with Gasteiger partial charge >= 0.3 is 11.9 Å². The fourth-order valence-corrected chi connectivity index (χ4v) is 3.59. The van der Waals surface area contributed by atoms with Gasteiger partial charge in [-0.2, -0.15) is 5.10 Å². The fraction of sp³-hybridized carbons (Fsp3) is 0.208. The smallest absolute Gasteiger partial charge is 0.338 e. The van der Waals surface area contributed by atoms with Gasteiger partial charge in [0, 0.05) is 11.3 Å². The van der Waals surface area contributed by atoms with E-state index in [0.717, 1.165) is 0 Å². The molecule has 2 aromatic carbocycles. The van der Waals surface area contributed by atoms with Gasteiger partial charge in [0.1, 0.15) is 5.75 Å². The van der Waals surface area contributed by atoms with E-state index < -0.39 is 23.9 Å². The number of nitrogens with zero attached hydrogens (tertiary/aromatic N) is 1. The van der Waals surface area contributed by atoms with Crippen LogP contribution in [0.25, 0.3) is 0 Å². The Balaban J connectivity index is 1.68. The maximum atomic E-state index is 12.6. The molecule has 0 bridgehead atoms. The average Bonchev–Trinajstić information content (AvgIpc) is 2.83. The highest BCUT2D eigenvalue weighted by molar-refractivity contribution is 7.80. The van der Waals surface area contributed by atoms with Gasteiger partial charge < -0.3 is 25.2 Å². The number of benzene rings is 2. The van der Waals surface area contributed by atoms with Crippen molar-refractivity contribution in [2.45, 2.75) is 19.9 Å². The summed E-state index contributed by atoms with van der Waals surface area (Å²) in [4.78, 5) is 35.8. The van der Waals surface area contributed by atoms with Crippen molar-refractivity contribution in [2.75, 3.05) is 13.2 Å². The molecule has 4 N–H and O–H groups in total. The third-order valence-corrected chi connectivity index (χ3v) is 5.13. The normalized spacial score (nSPS) is 15.3. The predicted octanol–water partition coefficient (Wildman–Crippen LogP) is 2.27. The summed E-state index contributed by atoms with van der Waals surface area (Å²) in [6, 6.07) is 12.4. The Morgan fingerprint density at radius 2 is 1.89 bits per heavy atom. The van der Waals surface area contributed by atoms with Crippen LogP contribution in [0, 0.1) is 0 Å². The van der Waals surface area contributed by atoms with Crippen molar-refractivity contribution in [1.82, 2.24) is 16.1 Å². The fourth-order valence-electron chi connectivity index (χ4n) is 3.32. The number of nitrogens with one attached hydrogen (secondary N) is 3. The van der Waals surface area contributed by atoms with Gasteiger partial charge in [0.2, 0.25) is 0 Å². The lowest BCUT2D eigenvalue weighted by molar-refractivity contribution is -0.139. The highest BCUT2D eigenvalue weighted by Gasteiger charge is 2.32. The molecule has 1 atom stereocenters. The summed E-state index contributed by atoms with van der Waals surface area (Å²) >= 11 is 5.26. The van der Waals surface area contributed by atoms with Gasteiger partial charge in [-0.15, -0.1) is 0 Å². The van der Waals surface area contributed by atoms with E-state index in [4.69, 9.17) is 26.8 Å². The van der Waals surface area contributed by atoms with Gasteiger partial charge in [-0.25, -0.2) is 15.0 Å². The lowest BCUT2D eigenvalue weighted by Gasteiger charge is -2.30. The zero-order valence-electron chi connectivity index (χ0n) is 19.0. The van der Waals surface area contributed by atoms with Crippen molar-refractivity contribution in [2.24, 2.45) is 5.10 Å². The number of hydrazone groups is 1. The monoisotopic (exact) mass is 496 g/mol. The van der Waals surface area contributed by atoms with Crippen molar-refractivity contribution < 1.29 is 29.0 Å². The molecule has 1 heterocycles. The molecule has 0 aliphatic carbocycles. The number of thiocarbonyl (C=S) groups is 1. The van der Waals surface area contributed by atoms with Crippen molar-refractivity contribution >= 4 is 41.4 Å². The van der Waals surface area contributed by atoms with Gasteiger partial charge in [0.25, 0.3) is 5.91 Å². The number of hydrogen-bond donors (Lipinski definition) is 4.